The van der Waals surface area contributed by atoms with Crippen LogP contribution in [0, 0.1) is 5.92 Å². The second kappa shape index (κ2) is 16.5. The summed E-state index contributed by atoms with van der Waals surface area (Å²) >= 11 is 0. The molecule has 1 radical (unpaired) electrons. The highest BCUT2D eigenvalue weighted by Crippen LogP contribution is 2.11. The zero-order valence-electron chi connectivity index (χ0n) is 22.3. The first-order valence-electron chi connectivity index (χ1n) is 12.6. The average Bonchev–Trinajstić information content (AvgIpc) is 2.89. The van der Waals surface area contributed by atoms with E-state index in [1.165, 1.54) is 13.8 Å². The van der Waals surface area contributed by atoms with Gasteiger partial charge >= 0.3 is 0 Å². The predicted molar refractivity (Wildman–Crippen MR) is 140 cm³/mol. The minimum atomic E-state index is -1.18. The fraction of sp³-hybridized carbons (Fsp3) is 0.577. The van der Waals surface area contributed by atoms with Crippen molar-refractivity contribution in [1.82, 2.24) is 21.3 Å². The molecule has 211 valence electrons. The Morgan fingerprint density at radius 3 is 1.97 bits per heavy atom. The van der Waals surface area contributed by atoms with Crippen LogP contribution in [0.4, 0.5) is 0 Å². The van der Waals surface area contributed by atoms with Crippen molar-refractivity contribution in [2.45, 2.75) is 83.3 Å². The summed E-state index contributed by atoms with van der Waals surface area (Å²) in [4.78, 5) is 60.4. The van der Waals surface area contributed by atoms with Crippen molar-refractivity contribution in [3.05, 3.63) is 35.9 Å². The molecular formula is C26H40N5O7. The molecule has 6 atom stereocenters. The van der Waals surface area contributed by atoms with E-state index in [1.807, 2.05) is 30.3 Å². The summed E-state index contributed by atoms with van der Waals surface area (Å²) in [6, 6.07) is 4.38. The second-order valence-electron chi connectivity index (χ2n) is 9.57. The first-order chi connectivity index (χ1) is 17.9. The number of hydrogen-bond acceptors (Lipinski definition) is 8. The molecule has 0 saturated carbocycles. The lowest BCUT2D eigenvalue weighted by Crippen LogP contribution is -2.56. The van der Waals surface area contributed by atoms with Gasteiger partial charge in [-0.2, -0.15) is 0 Å². The molecule has 0 fully saturated rings. The van der Waals surface area contributed by atoms with Gasteiger partial charge in [-0.05, 0) is 38.2 Å². The van der Waals surface area contributed by atoms with Gasteiger partial charge in [0, 0.05) is 6.42 Å². The minimum Gasteiger partial charge on any atom is -0.394 e. The Balaban J connectivity index is 2.81. The molecule has 0 spiro atoms. The highest BCUT2D eigenvalue weighted by Gasteiger charge is 2.27. The van der Waals surface area contributed by atoms with E-state index in [1.54, 1.807) is 20.1 Å². The summed E-state index contributed by atoms with van der Waals surface area (Å²) in [6.45, 7) is 5.81. The van der Waals surface area contributed by atoms with E-state index in [0.717, 1.165) is 5.56 Å². The fourth-order valence-electron chi connectivity index (χ4n) is 3.39. The third kappa shape index (κ3) is 11.4. The van der Waals surface area contributed by atoms with Crippen molar-refractivity contribution in [2.24, 2.45) is 11.7 Å². The number of carbonyl (C=O) groups is 4. The summed E-state index contributed by atoms with van der Waals surface area (Å²) in [5.41, 5.74) is 6.26. The maximum absolute atomic E-state index is 12.9. The molecule has 0 bridgehead atoms. The van der Waals surface area contributed by atoms with Gasteiger partial charge in [-0.1, -0.05) is 44.2 Å². The maximum atomic E-state index is 12.9. The van der Waals surface area contributed by atoms with E-state index in [4.69, 9.17) is 10.8 Å². The van der Waals surface area contributed by atoms with Gasteiger partial charge in [0.05, 0.1) is 24.8 Å². The van der Waals surface area contributed by atoms with E-state index in [9.17, 15) is 29.1 Å². The van der Waals surface area contributed by atoms with Crippen LogP contribution < -0.4 is 27.0 Å². The van der Waals surface area contributed by atoms with Crippen molar-refractivity contribution >= 4 is 29.9 Å². The first kappa shape index (κ1) is 32.7. The minimum absolute atomic E-state index is 0.0161. The first-order valence-corrected chi connectivity index (χ1v) is 12.6. The molecule has 1 aromatic rings. The largest absolute Gasteiger partial charge is 0.394 e. The standard InChI is InChI=1S/C26H40N5O7/c1-15(2)21(14-33)30-23(35)11-10-22(34)20(12-18-8-6-5-7-9-18)31-25(37)17(4)28-24(36)16(3)29-26(38)19(27)13-32/h5-9,15-17,19-22,32,34H,10-13,27H2,1-4H3,(H,28,36)(H,29,38)(H,30,35)(H,31,37)/t16?,17?,19-,20?,21?,22?/m1/s1. The molecule has 0 saturated heterocycles. The van der Waals surface area contributed by atoms with Gasteiger partial charge in [0.15, 0.2) is 0 Å². The van der Waals surface area contributed by atoms with Crippen molar-refractivity contribution in [3.63, 3.8) is 0 Å². The SMILES string of the molecule is CC(NC(=O)C(C)NC(=O)[C@H](N)CO)C(=O)NC(Cc1ccccc1)C(O)CCC(=O)NC([C]=O)C(C)C. The van der Waals surface area contributed by atoms with Crippen molar-refractivity contribution in [1.29, 1.82) is 0 Å². The smallest absolute Gasteiger partial charge is 0.242 e. The lowest BCUT2D eigenvalue weighted by atomic mass is 9.97. The molecule has 0 aromatic heterocycles. The summed E-state index contributed by atoms with van der Waals surface area (Å²) in [6.07, 6.45) is 0.874. The second-order valence-corrected chi connectivity index (χ2v) is 9.57. The number of aliphatic hydroxyl groups excluding tert-OH is 2. The topological polar surface area (TPSA) is 200 Å². The molecule has 0 aliphatic rings. The van der Waals surface area contributed by atoms with Gasteiger partial charge in [0.2, 0.25) is 29.9 Å². The molecule has 0 heterocycles. The van der Waals surface area contributed by atoms with Gasteiger partial charge < -0.3 is 37.2 Å². The number of nitrogens with one attached hydrogen (secondary N) is 4. The van der Waals surface area contributed by atoms with Crippen LogP contribution in [0.2, 0.25) is 0 Å². The third-order valence-electron chi connectivity index (χ3n) is 5.91. The van der Waals surface area contributed by atoms with E-state index in [2.05, 4.69) is 21.3 Å². The number of amides is 4. The number of aliphatic hydroxyl groups is 2. The number of nitrogens with two attached hydrogens (primary N) is 1. The van der Waals surface area contributed by atoms with Crippen molar-refractivity contribution in [3.8, 4) is 0 Å². The Kier molecular flexibility index (Phi) is 14.2. The summed E-state index contributed by atoms with van der Waals surface area (Å²) in [7, 11) is 0. The van der Waals surface area contributed by atoms with Crippen LogP contribution in [-0.2, 0) is 30.4 Å². The zero-order chi connectivity index (χ0) is 28.8. The number of hydrogen-bond donors (Lipinski definition) is 7. The van der Waals surface area contributed by atoms with Gasteiger partial charge in [-0.15, -0.1) is 0 Å². The van der Waals surface area contributed by atoms with Crippen LogP contribution >= 0.6 is 0 Å². The van der Waals surface area contributed by atoms with E-state index in [-0.39, 0.29) is 25.2 Å². The van der Waals surface area contributed by atoms with Crippen LogP contribution in [0.3, 0.4) is 0 Å². The number of carbonyl (C=O) groups excluding carboxylic acids is 5. The number of rotatable bonds is 16. The van der Waals surface area contributed by atoms with Gasteiger partial charge in [0.25, 0.3) is 0 Å². The molecule has 4 amide bonds. The van der Waals surface area contributed by atoms with Crippen LogP contribution in [0.5, 0.6) is 0 Å². The van der Waals surface area contributed by atoms with Gasteiger partial charge in [-0.25, -0.2) is 0 Å². The van der Waals surface area contributed by atoms with Crippen LogP contribution in [0.1, 0.15) is 46.1 Å². The quantitative estimate of drug-likeness (QED) is 0.132. The van der Waals surface area contributed by atoms with Crippen LogP contribution in [-0.4, -0.2) is 83.0 Å². The van der Waals surface area contributed by atoms with E-state index < -0.39 is 66.5 Å². The highest BCUT2D eigenvalue weighted by atomic mass is 16.3. The van der Waals surface area contributed by atoms with Crippen LogP contribution in [0.15, 0.2) is 30.3 Å². The molecular weight excluding hydrogens is 494 g/mol. The Morgan fingerprint density at radius 1 is 0.895 bits per heavy atom. The van der Waals surface area contributed by atoms with Gasteiger partial charge in [-0.3, -0.25) is 24.0 Å². The van der Waals surface area contributed by atoms with Gasteiger partial charge in [0.1, 0.15) is 18.1 Å². The zero-order valence-corrected chi connectivity index (χ0v) is 22.3. The van der Waals surface area contributed by atoms with Crippen molar-refractivity contribution < 1.29 is 34.2 Å². The lowest BCUT2D eigenvalue weighted by Gasteiger charge is -2.27. The molecule has 0 aliphatic carbocycles. The fourth-order valence-corrected chi connectivity index (χ4v) is 3.39. The Hall–Kier alpha value is -3.35. The molecule has 12 nitrogen and oxygen atoms in total. The van der Waals surface area contributed by atoms with Crippen LogP contribution in [0.25, 0.3) is 0 Å². The Bertz CT molecular complexity index is 928. The summed E-state index contributed by atoms with van der Waals surface area (Å²) in [5, 5.41) is 29.9. The van der Waals surface area contributed by atoms with Crippen molar-refractivity contribution in [2.75, 3.05) is 6.61 Å². The molecule has 1 aromatic carbocycles. The summed E-state index contributed by atoms with van der Waals surface area (Å²) < 4.78 is 0. The predicted octanol–water partition coefficient (Wildman–Crippen LogP) is -1.57. The molecule has 0 aliphatic heterocycles. The van der Waals surface area contributed by atoms with E-state index in [0.29, 0.717) is 0 Å². The molecule has 12 heteroatoms. The normalized spacial score (nSPS) is 15.8. The Morgan fingerprint density at radius 2 is 1.45 bits per heavy atom. The number of benzene rings is 1. The lowest BCUT2D eigenvalue weighted by molar-refractivity contribution is -0.132. The highest BCUT2D eigenvalue weighted by molar-refractivity contribution is 5.92. The molecule has 38 heavy (non-hydrogen) atoms. The molecule has 8 N–H and O–H groups in total. The monoisotopic (exact) mass is 534 g/mol. The molecule has 5 unspecified atom stereocenters. The maximum Gasteiger partial charge on any atom is 0.242 e. The third-order valence-corrected chi connectivity index (χ3v) is 5.91. The average molecular weight is 535 g/mol. The Labute approximate surface area is 223 Å². The molecule has 1 rings (SSSR count). The van der Waals surface area contributed by atoms with E-state index >= 15 is 0 Å². The summed E-state index contributed by atoms with van der Waals surface area (Å²) in [5.74, 6) is -2.49.